The monoisotopic (exact) mass is 585 g/mol. The Labute approximate surface area is 208 Å². The van der Waals surface area contributed by atoms with Gasteiger partial charge in [-0.05, 0) is 55.3 Å². The van der Waals surface area contributed by atoms with Gasteiger partial charge in [0, 0.05) is 28.2 Å². The minimum absolute atomic E-state index is 0.0542. The molecule has 0 aliphatic heterocycles. The van der Waals surface area contributed by atoms with Gasteiger partial charge in [0.05, 0.1) is 0 Å². The van der Waals surface area contributed by atoms with Crippen LogP contribution in [0.25, 0.3) is 0 Å². The minimum atomic E-state index is -5.05. The normalized spacial score (nSPS) is 12.1. The van der Waals surface area contributed by atoms with Gasteiger partial charge in [0.25, 0.3) is 0 Å². The molecule has 0 saturated heterocycles. The molecule has 0 aliphatic rings. The molecule has 0 fully saturated rings. The SMILES string of the molecule is CCCN(CCSc1ccc(OCC(=O)O)c(C)c1)S(=O)(=O)c1ccc(Br)cc1OC(F)(F)F. The summed E-state index contributed by atoms with van der Waals surface area (Å²) >= 11 is 4.39. The molecule has 0 radical (unpaired) electrons. The average Bonchev–Trinajstić information content (AvgIpc) is 2.71. The molecule has 1 N–H and O–H groups in total. The molecule has 0 heterocycles. The Balaban J connectivity index is 2.16. The molecule has 0 spiro atoms. The van der Waals surface area contributed by atoms with E-state index in [1.807, 2.05) is 0 Å². The summed E-state index contributed by atoms with van der Waals surface area (Å²) in [5.41, 5.74) is 0.716. The second kappa shape index (κ2) is 12.1. The van der Waals surface area contributed by atoms with Crippen LogP contribution in [0, 0.1) is 6.92 Å². The lowest BCUT2D eigenvalue weighted by Gasteiger charge is -2.23. The number of carboxylic acid groups (broad SMARTS) is 1. The first-order chi connectivity index (χ1) is 15.8. The van der Waals surface area contributed by atoms with E-state index in [-0.39, 0.29) is 17.6 Å². The van der Waals surface area contributed by atoms with Gasteiger partial charge in [-0.25, -0.2) is 13.2 Å². The fraction of sp³-hybridized carbons (Fsp3) is 0.381. The molecule has 2 aromatic carbocycles. The van der Waals surface area contributed by atoms with Gasteiger partial charge in [-0.3, -0.25) is 0 Å². The summed E-state index contributed by atoms with van der Waals surface area (Å²) < 4.78 is 75.5. The van der Waals surface area contributed by atoms with Crippen molar-refractivity contribution in [2.45, 2.75) is 36.4 Å². The second-order valence-electron chi connectivity index (χ2n) is 7.00. The van der Waals surface area contributed by atoms with E-state index in [4.69, 9.17) is 9.84 Å². The molecule has 0 saturated carbocycles. The number of carboxylic acids is 1. The number of carbonyl (C=O) groups is 1. The zero-order valence-corrected chi connectivity index (χ0v) is 21.5. The van der Waals surface area contributed by atoms with Crippen molar-refractivity contribution in [2.75, 3.05) is 25.4 Å². The Kier molecular flexibility index (Phi) is 10.1. The first kappa shape index (κ1) is 28.3. The first-order valence-corrected chi connectivity index (χ1v) is 13.2. The van der Waals surface area contributed by atoms with Gasteiger partial charge in [-0.15, -0.1) is 24.9 Å². The summed E-state index contributed by atoms with van der Waals surface area (Å²) in [5.74, 6) is -1.14. The number of aliphatic carboxylic acids is 1. The van der Waals surface area contributed by atoms with Crippen molar-refractivity contribution in [1.29, 1.82) is 0 Å². The van der Waals surface area contributed by atoms with Crippen LogP contribution in [-0.2, 0) is 14.8 Å². The number of halogens is 4. The van der Waals surface area contributed by atoms with Crippen LogP contribution in [0.1, 0.15) is 18.9 Å². The molecular weight excluding hydrogens is 563 g/mol. The van der Waals surface area contributed by atoms with Crippen molar-refractivity contribution in [3.63, 3.8) is 0 Å². The Morgan fingerprint density at radius 2 is 1.85 bits per heavy atom. The molecule has 34 heavy (non-hydrogen) atoms. The van der Waals surface area contributed by atoms with Crippen molar-refractivity contribution in [1.82, 2.24) is 4.31 Å². The highest BCUT2D eigenvalue weighted by Crippen LogP contribution is 2.34. The molecular formula is C21H23BrF3NO6S2. The zero-order chi connectivity index (χ0) is 25.5. The molecule has 0 unspecified atom stereocenters. The Morgan fingerprint density at radius 1 is 1.15 bits per heavy atom. The predicted molar refractivity (Wildman–Crippen MR) is 125 cm³/mol. The lowest BCUT2D eigenvalue weighted by Crippen LogP contribution is -2.34. The van der Waals surface area contributed by atoms with Crippen LogP contribution in [0.4, 0.5) is 13.2 Å². The largest absolute Gasteiger partial charge is 0.573 e. The van der Waals surface area contributed by atoms with E-state index in [1.165, 1.54) is 17.8 Å². The third-order valence-electron chi connectivity index (χ3n) is 4.33. The van der Waals surface area contributed by atoms with Crippen molar-refractivity contribution in [2.24, 2.45) is 0 Å². The van der Waals surface area contributed by atoms with Gasteiger partial charge in [-0.1, -0.05) is 22.9 Å². The quantitative estimate of drug-likeness (QED) is 0.337. The summed E-state index contributed by atoms with van der Waals surface area (Å²) in [6, 6.07) is 8.52. The second-order valence-corrected chi connectivity index (χ2v) is 11.0. The average molecular weight is 586 g/mol. The molecule has 0 amide bonds. The lowest BCUT2D eigenvalue weighted by atomic mass is 10.2. The van der Waals surface area contributed by atoms with E-state index >= 15 is 0 Å². The standard InChI is InChI=1S/C21H23BrF3NO6S2/c1-3-8-26(9-10-33-16-5-6-17(14(2)11-16)31-13-20(27)28)34(29,30)19-7-4-15(22)12-18(19)32-21(23,24)25/h4-7,11-12H,3,8-10,13H2,1-2H3,(H,27,28). The van der Waals surface area contributed by atoms with Crippen LogP contribution in [0.2, 0.25) is 0 Å². The number of hydrogen-bond donors (Lipinski definition) is 1. The molecule has 2 rings (SSSR count). The first-order valence-electron chi connectivity index (χ1n) is 9.97. The highest BCUT2D eigenvalue weighted by Gasteiger charge is 2.35. The highest BCUT2D eigenvalue weighted by atomic mass is 79.9. The number of hydrogen-bond acceptors (Lipinski definition) is 6. The maximum atomic E-state index is 13.2. The van der Waals surface area contributed by atoms with Crippen LogP contribution in [0.5, 0.6) is 11.5 Å². The Bertz CT molecular complexity index is 1110. The zero-order valence-electron chi connectivity index (χ0n) is 18.3. The van der Waals surface area contributed by atoms with Crippen LogP contribution in [0.15, 0.2) is 50.7 Å². The summed E-state index contributed by atoms with van der Waals surface area (Å²) in [6.45, 7) is 3.23. The number of thioether (sulfide) groups is 1. The third-order valence-corrected chi connectivity index (χ3v) is 7.73. The summed E-state index contributed by atoms with van der Waals surface area (Å²) in [6.07, 6.45) is -4.58. The smallest absolute Gasteiger partial charge is 0.482 e. The fourth-order valence-corrected chi connectivity index (χ4v) is 5.97. The van der Waals surface area contributed by atoms with Crippen LogP contribution >= 0.6 is 27.7 Å². The van der Waals surface area contributed by atoms with Crippen LogP contribution < -0.4 is 9.47 Å². The molecule has 7 nitrogen and oxygen atoms in total. The summed E-state index contributed by atoms with van der Waals surface area (Å²) in [4.78, 5) is 10.9. The third kappa shape index (κ3) is 8.36. The number of benzene rings is 2. The maximum Gasteiger partial charge on any atom is 0.573 e. The van der Waals surface area contributed by atoms with Gasteiger partial charge >= 0.3 is 12.3 Å². The van der Waals surface area contributed by atoms with Crippen molar-refractivity contribution < 1.29 is 41.0 Å². The summed E-state index contributed by atoms with van der Waals surface area (Å²) in [5, 5.41) is 8.72. The van der Waals surface area contributed by atoms with Gasteiger partial charge in [-0.2, -0.15) is 4.31 Å². The number of nitrogens with zero attached hydrogens (tertiary/aromatic N) is 1. The maximum absolute atomic E-state index is 13.2. The van der Waals surface area contributed by atoms with E-state index < -0.39 is 39.6 Å². The van der Waals surface area contributed by atoms with Gasteiger partial charge < -0.3 is 14.6 Å². The number of aryl methyl sites for hydroxylation is 1. The molecule has 2 aromatic rings. The van der Waals surface area contributed by atoms with Crippen LogP contribution in [-0.4, -0.2) is 55.6 Å². The van der Waals surface area contributed by atoms with Gasteiger partial charge in [0.15, 0.2) is 12.4 Å². The molecule has 0 aromatic heterocycles. The Hall–Kier alpha value is -1.96. The number of alkyl halides is 3. The number of rotatable bonds is 12. The highest BCUT2D eigenvalue weighted by molar-refractivity contribution is 9.10. The fourth-order valence-electron chi connectivity index (χ4n) is 2.92. The minimum Gasteiger partial charge on any atom is -0.482 e. The lowest BCUT2D eigenvalue weighted by molar-refractivity contribution is -0.275. The van der Waals surface area contributed by atoms with E-state index in [1.54, 1.807) is 32.0 Å². The number of sulfonamides is 1. The van der Waals surface area contributed by atoms with E-state index in [0.29, 0.717) is 23.5 Å². The number of ether oxygens (including phenoxy) is 2. The molecule has 0 aliphatic carbocycles. The van der Waals surface area contributed by atoms with Crippen molar-refractivity contribution >= 4 is 43.7 Å². The van der Waals surface area contributed by atoms with Crippen LogP contribution in [0.3, 0.4) is 0 Å². The Morgan fingerprint density at radius 3 is 2.44 bits per heavy atom. The molecule has 13 heteroatoms. The molecule has 188 valence electrons. The van der Waals surface area contributed by atoms with Crippen molar-refractivity contribution in [3.05, 3.63) is 46.4 Å². The van der Waals surface area contributed by atoms with Gasteiger partial charge in [0.2, 0.25) is 10.0 Å². The van der Waals surface area contributed by atoms with Crippen molar-refractivity contribution in [3.8, 4) is 11.5 Å². The molecule has 0 bridgehead atoms. The van der Waals surface area contributed by atoms with Gasteiger partial charge in [0.1, 0.15) is 10.6 Å². The van der Waals surface area contributed by atoms with E-state index in [2.05, 4.69) is 20.7 Å². The molecule has 0 atom stereocenters. The topological polar surface area (TPSA) is 93.1 Å². The van der Waals surface area contributed by atoms with E-state index in [0.717, 1.165) is 21.3 Å². The summed E-state index contributed by atoms with van der Waals surface area (Å²) in [7, 11) is -4.27. The van der Waals surface area contributed by atoms with E-state index in [9.17, 15) is 26.4 Å². The predicted octanol–water partition coefficient (Wildman–Crippen LogP) is 5.31.